The molecule has 0 saturated carbocycles. The Labute approximate surface area is 186 Å². The van der Waals surface area contributed by atoms with Crippen molar-refractivity contribution in [3.63, 3.8) is 0 Å². The molecule has 0 spiro atoms. The summed E-state index contributed by atoms with van der Waals surface area (Å²) in [5.41, 5.74) is 4.06. The summed E-state index contributed by atoms with van der Waals surface area (Å²) >= 11 is 0. The van der Waals surface area contributed by atoms with Crippen LogP contribution in [-0.4, -0.2) is 68.3 Å². The number of anilines is 2. The van der Waals surface area contributed by atoms with Crippen molar-refractivity contribution in [3.8, 4) is 11.4 Å². The molecule has 0 radical (unpaired) electrons. The number of imidazole rings is 1. The average molecular weight is 428 g/mol. The molecular weight excluding hydrogens is 402 g/mol. The van der Waals surface area contributed by atoms with Crippen LogP contribution < -0.4 is 5.32 Å². The maximum Gasteiger partial charge on any atom is 0.253 e. The number of nitrogens with one attached hydrogen (secondary N) is 1. The monoisotopic (exact) mass is 427 g/mol. The van der Waals surface area contributed by atoms with E-state index in [0.717, 1.165) is 55.3 Å². The first-order valence-electron chi connectivity index (χ1n) is 10.8. The molecule has 8 nitrogen and oxygen atoms in total. The molecule has 1 N–H and O–H groups in total. The van der Waals surface area contributed by atoms with Crippen LogP contribution in [0.15, 0.2) is 67.1 Å². The maximum atomic E-state index is 12.9. The Kier molecular flexibility index (Phi) is 5.51. The zero-order valence-electron chi connectivity index (χ0n) is 18.0. The number of hydrogen-bond donors (Lipinski definition) is 1. The van der Waals surface area contributed by atoms with Gasteiger partial charge in [0.05, 0.1) is 17.6 Å². The first kappa shape index (κ1) is 20.1. The van der Waals surface area contributed by atoms with Gasteiger partial charge in [-0.15, -0.1) is 0 Å². The Bertz CT molecular complexity index is 1230. The van der Waals surface area contributed by atoms with Crippen molar-refractivity contribution in [2.75, 3.05) is 38.5 Å². The van der Waals surface area contributed by atoms with Gasteiger partial charge in [0.1, 0.15) is 5.65 Å². The second kappa shape index (κ2) is 8.76. The maximum absolute atomic E-state index is 12.9. The zero-order valence-corrected chi connectivity index (χ0v) is 18.0. The summed E-state index contributed by atoms with van der Waals surface area (Å²) in [6.45, 7) is 3.50. The van der Waals surface area contributed by atoms with Crippen LogP contribution in [0.1, 0.15) is 16.8 Å². The largest absolute Gasteiger partial charge is 0.337 e. The lowest BCUT2D eigenvalue weighted by Gasteiger charge is -2.20. The van der Waals surface area contributed by atoms with Gasteiger partial charge in [0, 0.05) is 43.3 Å². The van der Waals surface area contributed by atoms with Crippen molar-refractivity contribution in [2.45, 2.75) is 6.42 Å². The molecule has 4 aromatic rings. The van der Waals surface area contributed by atoms with Gasteiger partial charge in [-0.25, -0.2) is 15.0 Å². The van der Waals surface area contributed by atoms with Crippen LogP contribution in [-0.2, 0) is 0 Å². The summed E-state index contributed by atoms with van der Waals surface area (Å²) in [7, 11) is 2.10. The van der Waals surface area contributed by atoms with E-state index in [0.29, 0.717) is 11.5 Å². The summed E-state index contributed by atoms with van der Waals surface area (Å²) in [4.78, 5) is 30.5. The van der Waals surface area contributed by atoms with Gasteiger partial charge >= 0.3 is 0 Å². The van der Waals surface area contributed by atoms with E-state index < -0.39 is 0 Å². The van der Waals surface area contributed by atoms with Crippen LogP contribution in [0.25, 0.3) is 17.0 Å². The molecule has 0 unspecified atom stereocenters. The summed E-state index contributed by atoms with van der Waals surface area (Å²) in [5.74, 6) is 0.570. The number of aromatic nitrogens is 4. The normalized spacial score (nSPS) is 15.0. The molecule has 32 heavy (non-hydrogen) atoms. The summed E-state index contributed by atoms with van der Waals surface area (Å²) in [6.07, 6.45) is 6.50. The highest BCUT2D eigenvalue weighted by atomic mass is 16.2. The third kappa shape index (κ3) is 4.17. The lowest BCUT2D eigenvalue weighted by Crippen LogP contribution is -2.34. The Morgan fingerprint density at radius 1 is 0.969 bits per heavy atom. The fourth-order valence-corrected chi connectivity index (χ4v) is 3.94. The highest BCUT2D eigenvalue weighted by Crippen LogP contribution is 2.21. The number of nitrogens with zero attached hydrogens (tertiary/aromatic N) is 6. The third-order valence-corrected chi connectivity index (χ3v) is 5.73. The highest BCUT2D eigenvalue weighted by Gasteiger charge is 2.18. The van der Waals surface area contributed by atoms with Crippen LogP contribution in [0, 0.1) is 0 Å². The van der Waals surface area contributed by atoms with Gasteiger partial charge in [-0.1, -0.05) is 6.07 Å². The number of benzene rings is 1. The Morgan fingerprint density at radius 3 is 2.72 bits per heavy atom. The van der Waals surface area contributed by atoms with Gasteiger partial charge < -0.3 is 15.1 Å². The molecule has 1 aromatic carbocycles. The van der Waals surface area contributed by atoms with E-state index in [-0.39, 0.29) is 5.91 Å². The molecule has 4 heterocycles. The van der Waals surface area contributed by atoms with Crippen molar-refractivity contribution in [1.82, 2.24) is 29.2 Å². The quantitative estimate of drug-likeness (QED) is 0.538. The molecule has 1 saturated heterocycles. The van der Waals surface area contributed by atoms with E-state index in [1.165, 1.54) is 0 Å². The number of fused-ring (bicyclic) bond motifs is 1. The number of carbonyl (C=O) groups excluding carboxylic acids is 1. The minimum Gasteiger partial charge on any atom is -0.337 e. The molecule has 162 valence electrons. The molecule has 0 atom stereocenters. The number of likely N-dealkylation sites (N-methyl/N-ethyl adjacent to an activating group) is 1. The number of amides is 1. The molecular formula is C24H25N7O. The summed E-state index contributed by atoms with van der Waals surface area (Å²) < 4.78 is 1.99. The van der Waals surface area contributed by atoms with E-state index in [9.17, 15) is 4.79 Å². The third-order valence-electron chi connectivity index (χ3n) is 5.73. The van der Waals surface area contributed by atoms with Crippen LogP contribution in [0.4, 0.5) is 11.6 Å². The number of hydrogen-bond acceptors (Lipinski definition) is 6. The highest BCUT2D eigenvalue weighted by molar-refractivity contribution is 5.94. The number of rotatable bonds is 4. The lowest BCUT2D eigenvalue weighted by molar-refractivity contribution is 0.0763. The predicted molar refractivity (Wildman–Crippen MR) is 124 cm³/mol. The van der Waals surface area contributed by atoms with Gasteiger partial charge in [-0.05, 0) is 62.5 Å². The molecule has 1 aliphatic heterocycles. The van der Waals surface area contributed by atoms with Crippen molar-refractivity contribution in [1.29, 1.82) is 0 Å². The Balaban J connectivity index is 1.31. The molecule has 3 aromatic heterocycles. The van der Waals surface area contributed by atoms with E-state index in [4.69, 9.17) is 0 Å². The minimum absolute atomic E-state index is 0.0812. The van der Waals surface area contributed by atoms with Crippen molar-refractivity contribution in [3.05, 3.63) is 72.7 Å². The fraction of sp³-hybridized carbons (Fsp3) is 0.250. The second-order valence-electron chi connectivity index (χ2n) is 7.99. The van der Waals surface area contributed by atoms with Crippen LogP contribution >= 0.6 is 0 Å². The topological polar surface area (TPSA) is 78.7 Å². The van der Waals surface area contributed by atoms with Gasteiger partial charge in [-0.3, -0.25) is 9.20 Å². The Morgan fingerprint density at radius 2 is 1.84 bits per heavy atom. The lowest BCUT2D eigenvalue weighted by atomic mass is 10.1. The van der Waals surface area contributed by atoms with Crippen molar-refractivity contribution in [2.24, 2.45) is 0 Å². The molecule has 8 heteroatoms. The standard InChI is InChI=1S/C24H25N7O/c1-29-12-4-13-30(16-15-29)23(32)18-6-8-19(9-7-18)27-24-25-11-10-20(28-24)21-17-26-22-5-2-3-14-31(21)22/h2-3,5-11,14,17H,4,12-13,15-16H2,1H3,(H,25,27,28). The number of pyridine rings is 1. The summed E-state index contributed by atoms with van der Waals surface area (Å²) in [5, 5.41) is 3.23. The smallest absolute Gasteiger partial charge is 0.253 e. The van der Waals surface area contributed by atoms with E-state index in [1.54, 1.807) is 6.20 Å². The summed E-state index contributed by atoms with van der Waals surface area (Å²) in [6, 6.07) is 15.2. The van der Waals surface area contributed by atoms with Crippen LogP contribution in [0.2, 0.25) is 0 Å². The predicted octanol–water partition coefficient (Wildman–Crippen LogP) is 3.31. The van der Waals surface area contributed by atoms with E-state index in [2.05, 4.69) is 32.2 Å². The van der Waals surface area contributed by atoms with E-state index in [1.807, 2.05) is 70.2 Å². The zero-order chi connectivity index (χ0) is 21.9. The molecule has 1 fully saturated rings. The fourth-order valence-electron chi connectivity index (χ4n) is 3.94. The minimum atomic E-state index is 0.0812. The van der Waals surface area contributed by atoms with Gasteiger partial charge in [0.15, 0.2) is 0 Å². The number of carbonyl (C=O) groups is 1. The van der Waals surface area contributed by atoms with Crippen LogP contribution in [0.5, 0.6) is 0 Å². The average Bonchev–Trinajstić information content (AvgIpc) is 3.14. The van der Waals surface area contributed by atoms with Crippen molar-refractivity contribution < 1.29 is 4.79 Å². The molecule has 0 bridgehead atoms. The molecule has 0 aliphatic carbocycles. The SMILES string of the molecule is CN1CCCN(C(=O)c2ccc(Nc3nccc(-c4cnc5ccccn45)n3)cc2)CC1. The van der Waals surface area contributed by atoms with E-state index >= 15 is 0 Å². The molecule has 1 amide bonds. The molecule has 5 rings (SSSR count). The van der Waals surface area contributed by atoms with Gasteiger partial charge in [-0.2, -0.15) is 0 Å². The molecule has 1 aliphatic rings. The van der Waals surface area contributed by atoms with Crippen molar-refractivity contribution >= 4 is 23.2 Å². The second-order valence-corrected chi connectivity index (χ2v) is 7.99. The van der Waals surface area contributed by atoms with Gasteiger partial charge in [0.2, 0.25) is 5.95 Å². The van der Waals surface area contributed by atoms with Gasteiger partial charge in [0.25, 0.3) is 5.91 Å². The first-order chi connectivity index (χ1) is 15.7. The van der Waals surface area contributed by atoms with Crippen LogP contribution in [0.3, 0.4) is 0 Å². The first-order valence-corrected chi connectivity index (χ1v) is 10.8. The Hall–Kier alpha value is -3.78.